The van der Waals surface area contributed by atoms with Gasteiger partial charge in [-0.2, -0.15) is 0 Å². The Balaban J connectivity index is 0.980. The van der Waals surface area contributed by atoms with Crippen LogP contribution in [0.25, 0.3) is 97.4 Å². The highest BCUT2D eigenvalue weighted by atomic mass is 32.1. The van der Waals surface area contributed by atoms with Crippen LogP contribution in [0.15, 0.2) is 249 Å². The van der Waals surface area contributed by atoms with Crippen LogP contribution in [0.1, 0.15) is 0 Å². The second kappa shape index (κ2) is 16.0. The summed E-state index contributed by atoms with van der Waals surface area (Å²) >= 11 is 1.87. The summed E-state index contributed by atoms with van der Waals surface area (Å²) in [6.45, 7) is 0. The van der Waals surface area contributed by atoms with Gasteiger partial charge in [0.15, 0.2) is 0 Å². The molecule has 1 nitrogen and oxygen atoms in total. The zero-order valence-electron chi connectivity index (χ0n) is 35.0. The molecule has 12 aromatic rings. The van der Waals surface area contributed by atoms with Crippen LogP contribution in [0.3, 0.4) is 0 Å². The standard InChI is InChI=1S/C62H41NS/c1-3-16-43(17-4-1)51-23-9-10-24-52(51)45-34-38-50(39-35-45)63(59-30-14-29-57-61-54(44-18-5-2-6-19-44)28-15-31-60(61)64-62(57)59)49-36-32-42(33-37-49)46-21-13-22-47(40-46)58-41-48-20-7-8-25-53(48)55-26-11-12-27-56(55)58/h1-41H. The van der Waals surface area contributed by atoms with E-state index in [0.29, 0.717) is 0 Å². The monoisotopic (exact) mass is 831 g/mol. The summed E-state index contributed by atoms with van der Waals surface area (Å²) in [6.07, 6.45) is 0. The van der Waals surface area contributed by atoms with E-state index in [-0.39, 0.29) is 0 Å². The first kappa shape index (κ1) is 37.7. The Morgan fingerprint density at radius 3 is 1.50 bits per heavy atom. The lowest BCUT2D eigenvalue weighted by Gasteiger charge is -2.26. The smallest absolute Gasteiger partial charge is 0.0640 e. The van der Waals surface area contributed by atoms with Crippen molar-refractivity contribution in [3.8, 4) is 55.6 Å². The molecule has 0 saturated heterocycles. The lowest BCUT2D eigenvalue weighted by atomic mass is 9.92. The van der Waals surface area contributed by atoms with Crippen molar-refractivity contribution in [3.63, 3.8) is 0 Å². The summed E-state index contributed by atoms with van der Waals surface area (Å²) in [7, 11) is 0. The molecule has 0 fully saturated rings. The number of hydrogen-bond donors (Lipinski definition) is 0. The van der Waals surface area contributed by atoms with Crippen molar-refractivity contribution >= 4 is 70.1 Å². The summed E-state index contributed by atoms with van der Waals surface area (Å²) in [6, 6.07) is 90.8. The molecule has 64 heavy (non-hydrogen) atoms. The first-order valence-electron chi connectivity index (χ1n) is 21.9. The zero-order chi connectivity index (χ0) is 42.4. The maximum absolute atomic E-state index is 2.44. The van der Waals surface area contributed by atoms with Crippen LogP contribution in [0.5, 0.6) is 0 Å². The molecular formula is C62H41NS. The Morgan fingerprint density at radius 1 is 0.281 bits per heavy atom. The summed E-state index contributed by atoms with van der Waals surface area (Å²) in [5.41, 5.74) is 15.5. The van der Waals surface area contributed by atoms with Crippen LogP contribution in [0.2, 0.25) is 0 Å². The van der Waals surface area contributed by atoms with Crippen LogP contribution >= 0.6 is 11.3 Å². The van der Waals surface area contributed by atoms with Crippen molar-refractivity contribution in [2.45, 2.75) is 0 Å². The molecule has 1 aromatic heterocycles. The quantitative estimate of drug-likeness (QED) is 0.138. The molecule has 0 saturated carbocycles. The van der Waals surface area contributed by atoms with Gasteiger partial charge in [0.2, 0.25) is 0 Å². The molecule has 0 aliphatic rings. The van der Waals surface area contributed by atoms with Crippen LogP contribution < -0.4 is 4.90 Å². The fraction of sp³-hybridized carbons (Fsp3) is 0. The van der Waals surface area contributed by atoms with E-state index in [1.807, 2.05) is 11.3 Å². The van der Waals surface area contributed by atoms with Crippen molar-refractivity contribution in [2.24, 2.45) is 0 Å². The van der Waals surface area contributed by atoms with Crippen molar-refractivity contribution in [2.75, 3.05) is 4.90 Å². The van der Waals surface area contributed by atoms with Crippen molar-refractivity contribution in [1.82, 2.24) is 0 Å². The number of benzene rings is 11. The van der Waals surface area contributed by atoms with E-state index in [4.69, 9.17) is 0 Å². The molecule has 12 rings (SSSR count). The van der Waals surface area contributed by atoms with Gasteiger partial charge in [0.25, 0.3) is 0 Å². The van der Waals surface area contributed by atoms with Gasteiger partial charge in [0.05, 0.1) is 10.4 Å². The zero-order valence-corrected chi connectivity index (χ0v) is 35.8. The average molecular weight is 832 g/mol. The lowest BCUT2D eigenvalue weighted by Crippen LogP contribution is -2.10. The van der Waals surface area contributed by atoms with Gasteiger partial charge in [0.1, 0.15) is 0 Å². The summed E-state index contributed by atoms with van der Waals surface area (Å²) in [5, 5.41) is 7.66. The van der Waals surface area contributed by atoms with E-state index in [1.165, 1.54) is 97.4 Å². The molecule has 0 spiro atoms. The first-order chi connectivity index (χ1) is 31.7. The Labute approximate surface area is 377 Å². The second-order valence-corrected chi connectivity index (χ2v) is 17.5. The average Bonchev–Trinajstić information content (AvgIpc) is 3.77. The van der Waals surface area contributed by atoms with Gasteiger partial charge in [-0.25, -0.2) is 0 Å². The van der Waals surface area contributed by atoms with Crippen LogP contribution in [0.4, 0.5) is 17.1 Å². The fourth-order valence-electron chi connectivity index (χ4n) is 9.65. The number of hydrogen-bond acceptors (Lipinski definition) is 2. The number of rotatable bonds is 8. The van der Waals surface area contributed by atoms with Crippen LogP contribution in [-0.2, 0) is 0 Å². The van der Waals surface area contributed by atoms with Gasteiger partial charge in [-0.3, -0.25) is 0 Å². The highest BCUT2D eigenvalue weighted by Gasteiger charge is 2.20. The fourth-order valence-corrected chi connectivity index (χ4v) is 10.9. The summed E-state index contributed by atoms with van der Waals surface area (Å²) in [4.78, 5) is 2.44. The number of fused-ring (bicyclic) bond motifs is 6. The van der Waals surface area contributed by atoms with Gasteiger partial charge in [0, 0.05) is 26.8 Å². The third-order valence-electron chi connectivity index (χ3n) is 12.7. The van der Waals surface area contributed by atoms with E-state index in [1.54, 1.807) is 0 Å². The molecule has 300 valence electrons. The molecule has 0 N–H and O–H groups in total. The van der Waals surface area contributed by atoms with E-state index in [0.717, 1.165) is 17.1 Å². The topological polar surface area (TPSA) is 3.24 Å². The van der Waals surface area contributed by atoms with Gasteiger partial charge in [-0.05, 0) is 126 Å². The molecule has 0 amide bonds. The van der Waals surface area contributed by atoms with Crippen LogP contribution in [-0.4, -0.2) is 0 Å². The van der Waals surface area contributed by atoms with E-state index in [9.17, 15) is 0 Å². The predicted octanol–water partition coefficient (Wildman–Crippen LogP) is 18.2. The Morgan fingerprint density at radius 2 is 0.781 bits per heavy atom. The molecule has 2 heteroatoms. The van der Waals surface area contributed by atoms with E-state index < -0.39 is 0 Å². The Hall–Kier alpha value is -8.04. The molecule has 0 unspecified atom stereocenters. The van der Waals surface area contributed by atoms with E-state index >= 15 is 0 Å². The minimum absolute atomic E-state index is 1.10. The van der Waals surface area contributed by atoms with Gasteiger partial charge < -0.3 is 4.90 Å². The third-order valence-corrected chi connectivity index (χ3v) is 13.9. The lowest BCUT2D eigenvalue weighted by molar-refractivity contribution is 1.30. The van der Waals surface area contributed by atoms with Crippen molar-refractivity contribution in [1.29, 1.82) is 0 Å². The third kappa shape index (κ3) is 6.64. The maximum Gasteiger partial charge on any atom is 0.0640 e. The second-order valence-electron chi connectivity index (χ2n) is 16.4. The van der Waals surface area contributed by atoms with Gasteiger partial charge in [-0.1, -0.05) is 200 Å². The molecule has 0 radical (unpaired) electrons. The molecular weight excluding hydrogens is 791 g/mol. The highest BCUT2D eigenvalue weighted by Crippen LogP contribution is 2.48. The number of thiophene rings is 1. The summed E-state index contributed by atoms with van der Waals surface area (Å²) < 4.78 is 2.55. The Kier molecular flexibility index (Phi) is 9.43. The van der Waals surface area contributed by atoms with E-state index in [2.05, 4.69) is 254 Å². The number of nitrogens with zero attached hydrogens (tertiary/aromatic N) is 1. The minimum Gasteiger partial charge on any atom is -0.309 e. The van der Waals surface area contributed by atoms with Crippen molar-refractivity contribution < 1.29 is 0 Å². The normalized spacial score (nSPS) is 11.4. The molecule has 11 aromatic carbocycles. The first-order valence-corrected chi connectivity index (χ1v) is 22.7. The largest absolute Gasteiger partial charge is 0.309 e. The summed E-state index contributed by atoms with van der Waals surface area (Å²) in [5.74, 6) is 0. The minimum atomic E-state index is 1.10. The predicted molar refractivity (Wildman–Crippen MR) is 276 cm³/mol. The van der Waals surface area contributed by atoms with Gasteiger partial charge >= 0.3 is 0 Å². The van der Waals surface area contributed by atoms with Crippen molar-refractivity contribution in [3.05, 3.63) is 249 Å². The highest BCUT2D eigenvalue weighted by molar-refractivity contribution is 7.26. The molecule has 1 heterocycles. The maximum atomic E-state index is 2.44. The Bertz CT molecular complexity index is 3640. The molecule has 0 aliphatic heterocycles. The molecule has 0 atom stereocenters. The molecule has 0 bridgehead atoms. The number of anilines is 3. The van der Waals surface area contributed by atoms with Gasteiger partial charge in [-0.15, -0.1) is 11.3 Å². The van der Waals surface area contributed by atoms with Crippen LogP contribution in [0, 0.1) is 0 Å². The molecule has 0 aliphatic carbocycles. The SMILES string of the molecule is c1ccc(-c2ccccc2-c2ccc(N(c3ccc(-c4cccc(-c5cc6ccccc6c6ccccc56)c4)cc3)c3cccc4c3sc3cccc(-c5ccccc5)c34)cc2)cc1.